The number of hydrogen-bond donors (Lipinski definition) is 1. The standard InChI is InChI=1S/C13H16F3N3O6/c1-3-24-11(25-4-2)7-17-12-9(18(20)21)5-8(13(14,15)16)6-10(12)19(22)23/h5-6,11,17H,3-4,7H2,1-2H3. The van der Waals surface area contributed by atoms with E-state index in [4.69, 9.17) is 9.47 Å². The third-order valence-electron chi connectivity index (χ3n) is 2.97. The lowest BCUT2D eigenvalue weighted by Gasteiger charge is -2.18. The number of ether oxygens (including phenoxy) is 2. The molecule has 25 heavy (non-hydrogen) atoms. The van der Waals surface area contributed by atoms with Gasteiger partial charge in [-0.25, -0.2) is 0 Å². The van der Waals surface area contributed by atoms with Crippen molar-refractivity contribution in [1.82, 2.24) is 0 Å². The van der Waals surface area contributed by atoms with E-state index in [1.807, 2.05) is 0 Å². The molecule has 0 spiro atoms. The zero-order valence-corrected chi connectivity index (χ0v) is 13.3. The van der Waals surface area contributed by atoms with Crippen molar-refractivity contribution in [2.75, 3.05) is 25.1 Å². The number of alkyl halides is 3. The van der Waals surface area contributed by atoms with Crippen molar-refractivity contribution < 1.29 is 32.5 Å². The van der Waals surface area contributed by atoms with Gasteiger partial charge in [0.1, 0.15) is 0 Å². The molecule has 0 saturated carbocycles. The van der Waals surface area contributed by atoms with Crippen molar-refractivity contribution in [2.24, 2.45) is 0 Å². The lowest BCUT2D eigenvalue weighted by molar-refractivity contribution is -0.392. The van der Waals surface area contributed by atoms with Crippen molar-refractivity contribution in [3.8, 4) is 0 Å². The normalized spacial score (nSPS) is 11.6. The number of nitro benzene ring substituents is 2. The summed E-state index contributed by atoms with van der Waals surface area (Å²) in [5.74, 6) is 0. The SMILES string of the molecule is CCOC(CNc1c([N+](=O)[O-])cc(C(F)(F)F)cc1[N+](=O)[O-])OCC. The van der Waals surface area contributed by atoms with Gasteiger partial charge in [0, 0.05) is 25.3 Å². The quantitative estimate of drug-likeness (QED) is 0.404. The number of hydrogen-bond acceptors (Lipinski definition) is 7. The lowest BCUT2D eigenvalue weighted by atomic mass is 10.1. The van der Waals surface area contributed by atoms with Crippen LogP contribution in [0.5, 0.6) is 0 Å². The molecular weight excluding hydrogens is 351 g/mol. The topological polar surface area (TPSA) is 117 Å². The number of halogens is 3. The highest BCUT2D eigenvalue weighted by atomic mass is 19.4. The van der Waals surface area contributed by atoms with Crippen LogP contribution in [0.15, 0.2) is 12.1 Å². The van der Waals surface area contributed by atoms with Gasteiger partial charge < -0.3 is 14.8 Å². The molecule has 1 aromatic carbocycles. The Hall–Kier alpha value is -2.47. The van der Waals surface area contributed by atoms with Crippen LogP contribution in [0.1, 0.15) is 19.4 Å². The summed E-state index contributed by atoms with van der Waals surface area (Å²) >= 11 is 0. The fraction of sp³-hybridized carbons (Fsp3) is 0.538. The number of nitrogens with zero attached hydrogens (tertiary/aromatic N) is 2. The van der Waals surface area contributed by atoms with E-state index in [-0.39, 0.29) is 31.9 Å². The maximum Gasteiger partial charge on any atom is 0.416 e. The molecule has 1 rings (SSSR count). The van der Waals surface area contributed by atoms with Gasteiger partial charge in [0.05, 0.1) is 22.0 Å². The highest BCUT2D eigenvalue weighted by molar-refractivity contribution is 5.75. The van der Waals surface area contributed by atoms with Crippen molar-refractivity contribution >= 4 is 17.1 Å². The van der Waals surface area contributed by atoms with Crippen LogP contribution < -0.4 is 5.32 Å². The Balaban J connectivity index is 3.31. The summed E-state index contributed by atoms with van der Waals surface area (Å²) < 4.78 is 48.8. The number of benzene rings is 1. The molecule has 0 fully saturated rings. The molecule has 0 radical (unpaired) electrons. The van der Waals surface area contributed by atoms with Gasteiger partial charge >= 0.3 is 6.18 Å². The Bertz CT molecular complexity index is 597. The fourth-order valence-electron chi connectivity index (χ4n) is 1.97. The molecular formula is C13H16F3N3O6. The Labute approximate surface area is 140 Å². The summed E-state index contributed by atoms with van der Waals surface area (Å²) in [6, 6.07) is 0.484. The Morgan fingerprint density at radius 3 is 1.84 bits per heavy atom. The van der Waals surface area contributed by atoms with Crippen molar-refractivity contribution in [3.63, 3.8) is 0 Å². The van der Waals surface area contributed by atoms with Crippen LogP contribution in [-0.2, 0) is 15.7 Å². The van der Waals surface area contributed by atoms with Crippen LogP contribution in [0, 0.1) is 20.2 Å². The van der Waals surface area contributed by atoms with Crippen LogP contribution in [-0.4, -0.2) is 35.9 Å². The summed E-state index contributed by atoms with van der Waals surface area (Å²) in [4.78, 5) is 19.9. The van der Waals surface area contributed by atoms with Crippen LogP contribution in [0.4, 0.5) is 30.2 Å². The van der Waals surface area contributed by atoms with E-state index < -0.39 is 44.9 Å². The molecule has 0 amide bonds. The van der Waals surface area contributed by atoms with E-state index in [0.29, 0.717) is 0 Å². The van der Waals surface area contributed by atoms with Crippen LogP contribution >= 0.6 is 0 Å². The maximum absolute atomic E-state index is 12.8. The van der Waals surface area contributed by atoms with Gasteiger partial charge in [0.25, 0.3) is 11.4 Å². The summed E-state index contributed by atoms with van der Waals surface area (Å²) in [5, 5.41) is 24.6. The molecule has 1 aromatic rings. The monoisotopic (exact) mass is 367 g/mol. The van der Waals surface area contributed by atoms with Gasteiger partial charge in [0.15, 0.2) is 12.0 Å². The molecule has 0 saturated heterocycles. The van der Waals surface area contributed by atoms with Gasteiger partial charge in [-0.2, -0.15) is 13.2 Å². The van der Waals surface area contributed by atoms with E-state index in [2.05, 4.69) is 5.32 Å². The summed E-state index contributed by atoms with van der Waals surface area (Å²) in [6.07, 6.45) is -5.84. The van der Waals surface area contributed by atoms with Gasteiger partial charge in [-0.3, -0.25) is 20.2 Å². The first-order valence-corrected chi connectivity index (χ1v) is 7.12. The first-order chi connectivity index (χ1) is 11.6. The van der Waals surface area contributed by atoms with Gasteiger partial charge in [-0.15, -0.1) is 0 Å². The van der Waals surface area contributed by atoms with Gasteiger partial charge in [0.2, 0.25) is 0 Å². The minimum atomic E-state index is -4.97. The van der Waals surface area contributed by atoms with Crippen molar-refractivity contribution in [1.29, 1.82) is 0 Å². The highest BCUT2D eigenvalue weighted by Crippen LogP contribution is 2.41. The molecule has 9 nitrogen and oxygen atoms in total. The van der Waals surface area contributed by atoms with Gasteiger partial charge in [-0.1, -0.05) is 0 Å². The number of anilines is 1. The molecule has 0 atom stereocenters. The van der Waals surface area contributed by atoms with E-state index in [0.717, 1.165) is 0 Å². The Morgan fingerprint density at radius 2 is 1.52 bits per heavy atom. The first kappa shape index (κ1) is 20.6. The van der Waals surface area contributed by atoms with E-state index >= 15 is 0 Å². The minimum absolute atomic E-state index is 0.227. The molecule has 0 bridgehead atoms. The highest BCUT2D eigenvalue weighted by Gasteiger charge is 2.37. The second-order valence-electron chi connectivity index (χ2n) is 4.62. The second kappa shape index (κ2) is 8.58. The molecule has 0 unspecified atom stereocenters. The molecule has 0 aliphatic rings. The summed E-state index contributed by atoms with van der Waals surface area (Å²) in [5.41, 5.74) is -4.25. The molecule has 0 aliphatic carbocycles. The van der Waals surface area contributed by atoms with Gasteiger partial charge in [-0.05, 0) is 13.8 Å². The maximum atomic E-state index is 12.8. The molecule has 0 heterocycles. The average Bonchev–Trinajstić information content (AvgIpc) is 2.51. The zero-order valence-electron chi connectivity index (χ0n) is 13.3. The Morgan fingerprint density at radius 1 is 1.08 bits per heavy atom. The predicted octanol–water partition coefficient (Wildman–Crippen LogP) is 3.33. The smallest absolute Gasteiger partial charge is 0.369 e. The van der Waals surface area contributed by atoms with Crippen LogP contribution in [0.3, 0.4) is 0 Å². The number of nitro groups is 2. The lowest BCUT2D eigenvalue weighted by Crippen LogP contribution is -2.27. The summed E-state index contributed by atoms with van der Waals surface area (Å²) in [7, 11) is 0. The largest absolute Gasteiger partial charge is 0.416 e. The summed E-state index contributed by atoms with van der Waals surface area (Å²) in [6.45, 7) is 3.58. The molecule has 1 N–H and O–H groups in total. The third-order valence-corrected chi connectivity index (χ3v) is 2.97. The first-order valence-electron chi connectivity index (χ1n) is 7.12. The average molecular weight is 367 g/mol. The Kier molecular flexibility index (Phi) is 7.06. The van der Waals surface area contributed by atoms with Crippen LogP contribution in [0.25, 0.3) is 0 Å². The molecule has 12 heteroatoms. The predicted molar refractivity (Wildman–Crippen MR) is 80.3 cm³/mol. The zero-order chi connectivity index (χ0) is 19.2. The molecule has 140 valence electrons. The van der Waals surface area contributed by atoms with E-state index in [1.54, 1.807) is 13.8 Å². The van der Waals surface area contributed by atoms with Crippen molar-refractivity contribution in [2.45, 2.75) is 26.3 Å². The number of nitrogens with one attached hydrogen (secondary N) is 1. The van der Waals surface area contributed by atoms with E-state index in [9.17, 15) is 33.4 Å². The van der Waals surface area contributed by atoms with E-state index in [1.165, 1.54) is 0 Å². The third kappa shape index (κ3) is 5.53. The van der Waals surface area contributed by atoms with Crippen molar-refractivity contribution in [3.05, 3.63) is 37.9 Å². The molecule has 0 aromatic heterocycles. The van der Waals surface area contributed by atoms with Crippen LogP contribution in [0.2, 0.25) is 0 Å². The second-order valence-corrected chi connectivity index (χ2v) is 4.62. The minimum Gasteiger partial charge on any atom is -0.369 e. The molecule has 0 aliphatic heterocycles. The number of rotatable bonds is 9. The fourth-order valence-corrected chi connectivity index (χ4v) is 1.97.